The van der Waals surface area contributed by atoms with E-state index < -0.39 is 10.0 Å². The van der Waals surface area contributed by atoms with Crippen LogP contribution >= 0.6 is 0 Å². The Kier molecular flexibility index (Phi) is 6.16. The molecule has 2 fully saturated rings. The molecule has 0 aliphatic carbocycles. The van der Waals surface area contributed by atoms with Crippen molar-refractivity contribution in [3.63, 3.8) is 0 Å². The smallest absolute Gasteiger partial charge is 0.258 e. The molecule has 144 valence electrons. The first kappa shape index (κ1) is 19.1. The topological polar surface area (TPSA) is 84.9 Å². The minimum atomic E-state index is -3.44. The van der Waals surface area contributed by atoms with E-state index in [2.05, 4.69) is 5.32 Å². The van der Waals surface area contributed by atoms with Crippen molar-refractivity contribution in [1.82, 2.24) is 9.62 Å². The normalized spacial score (nSPS) is 21.0. The van der Waals surface area contributed by atoms with Gasteiger partial charge in [-0.1, -0.05) is 0 Å². The van der Waals surface area contributed by atoms with Gasteiger partial charge in [0.05, 0.1) is 11.0 Å². The van der Waals surface area contributed by atoms with Crippen molar-refractivity contribution >= 4 is 15.9 Å². The molecule has 2 aliphatic heterocycles. The van der Waals surface area contributed by atoms with Gasteiger partial charge >= 0.3 is 0 Å². The molecule has 1 aromatic carbocycles. The van der Waals surface area contributed by atoms with E-state index in [0.29, 0.717) is 30.9 Å². The summed E-state index contributed by atoms with van der Waals surface area (Å²) in [5.41, 5.74) is 0.692. The first-order valence-corrected chi connectivity index (χ1v) is 10.5. The number of amides is 1. The van der Waals surface area contributed by atoms with Gasteiger partial charge in [-0.3, -0.25) is 4.79 Å². The zero-order valence-electron chi connectivity index (χ0n) is 15.1. The predicted octanol–water partition coefficient (Wildman–Crippen LogP) is 1.45. The summed E-state index contributed by atoms with van der Waals surface area (Å²) in [5, 5.41) is 2.80. The maximum Gasteiger partial charge on any atom is 0.258 e. The van der Waals surface area contributed by atoms with Crippen molar-refractivity contribution in [2.24, 2.45) is 0 Å². The Bertz CT molecular complexity index is 738. The number of carbonyl (C=O) groups is 1. The summed E-state index contributed by atoms with van der Waals surface area (Å²) in [6.07, 6.45) is 3.90. The molecule has 0 aromatic heterocycles. The molecule has 3 rings (SSSR count). The van der Waals surface area contributed by atoms with Gasteiger partial charge in [0.1, 0.15) is 5.75 Å². The average Bonchev–Trinajstić information content (AvgIpc) is 3.32. The summed E-state index contributed by atoms with van der Waals surface area (Å²) < 4.78 is 37.7. The van der Waals surface area contributed by atoms with Gasteiger partial charge in [0.25, 0.3) is 5.91 Å². The first-order valence-electron chi connectivity index (χ1n) is 9.09. The zero-order valence-corrected chi connectivity index (χ0v) is 15.9. The van der Waals surface area contributed by atoms with Gasteiger partial charge in [0, 0.05) is 26.2 Å². The molecule has 1 N–H and O–H groups in total. The summed E-state index contributed by atoms with van der Waals surface area (Å²) in [5.74, 6) is 0.298. The average molecular weight is 382 g/mol. The monoisotopic (exact) mass is 382 g/mol. The Labute approximate surface area is 154 Å². The van der Waals surface area contributed by atoms with Crippen molar-refractivity contribution in [3.8, 4) is 5.75 Å². The molecule has 1 aromatic rings. The maximum absolute atomic E-state index is 12.6. The molecule has 7 nitrogen and oxygen atoms in total. The molecule has 2 heterocycles. The minimum Gasteiger partial charge on any atom is -0.484 e. The van der Waals surface area contributed by atoms with E-state index in [-0.39, 0.29) is 23.5 Å². The van der Waals surface area contributed by atoms with Gasteiger partial charge in [-0.15, -0.1) is 0 Å². The molecule has 1 atom stereocenters. The fraction of sp³-hybridized carbons (Fsp3) is 0.611. The molecule has 0 spiro atoms. The van der Waals surface area contributed by atoms with Crippen LogP contribution < -0.4 is 10.1 Å². The molecule has 0 saturated carbocycles. The van der Waals surface area contributed by atoms with Crippen molar-refractivity contribution < 1.29 is 22.7 Å². The number of rotatable bonds is 7. The number of nitrogens with one attached hydrogen (secondary N) is 1. The van der Waals surface area contributed by atoms with Gasteiger partial charge in [0.2, 0.25) is 10.0 Å². The number of aryl methyl sites for hydroxylation is 1. The van der Waals surface area contributed by atoms with E-state index in [9.17, 15) is 13.2 Å². The lowest BCUT2D eigenvalue weighted by Gasteiger charge is -2.17. The molecule has 2 aliphatic rings. The second-order valence-electron chi connectivity index (χ2n) is 6.77. The van der Waals surface area contributed by atoms with E-state index in [1.807, 2.05) is 0 Å². The SMILES string of the molecule is Cc1cc(S(=O)(=O)N2CCCC2)ccc1OCC(=O)NC[C@@H]1CCCO1. The maximum atomic E-state index is 12.6. The van der Waals surface area contributed by atoms with Crippen LogP contribution in [0, 0.1) is 6.92 Å². The van der Waals surface area contributed by atoms with E-state index in [4.69, 9.17) is 9.47 Å². The van der Waals surface area contributed by atoms with E-state index >= 15 is 0 Å². The van der Waals surface area contributed by atoms with E-state index in [1.165, 1.54) is 4.31 Å². The van der Waals surface area contributed by atoms with Crippen molar-refractivity contribution in [1.29, 1.82) is 0 Å². The van der Waals surface area contributed by atoms with Crippen LogP contribution in [0.2, 0.25) is 0 Å². The standard InChI is InChI=1S/C18H26N2O5S/c1-14-11-16(26(22,23)20-8-2-3-9-20)6-7-17(14)25-13-18(21)19-12-15-5-4-10-24-15/h6-7,11,15H,2-5,8-10,12-13H2,1H3,(H,19,21)/t15-/m0/s1. The molecule has 0 radical (unpaired) electrons. The predicted molar refractivity (Wildman–Crippen MR) is 96.7 cm³/mol. The molecular weight excluding hydrogens is 356 g/mol. The number of nitrogens with zero attached hydrogens (tertiary/aromatic N) is 1. The van der Waals surface area contributed by atoms with Gasteiger partial charge < -0.3 is 14.8 Å². The molecule has 26 heavy (non-hydrogen) atoms. The van der Waals surface area contributed by atoms with Gasteiger partial charge in [-0.25, -0.2) is 8.42 Å². The summed E-state index contributed by atoms with van der Waals surface area (Å²) in [6, 6.07) is 4.76. The summed E-state index contributed by atoms with van der Waals surface area (Å²) in [6.45, 7) is 4.07. The van der Waals surface area contributed by atoms with Crippen LogP contribution in [-0.4, -0.2) is 57.6 Å². The van der Waals surface area contributed by atoms with Crippen LogP contribution in [0.3, 0.4) is 0 Å². The van der Waals surface area contributed by atoms with Crippen molar-refractivity contribution in [2.75, 3.05) is 32.8 Å². The third-order valence-corrected chi connectivity index (χ3v) is 6.65. The minimum absolute atomic E-state index is 0.0933. The molecule has 2 saturated heterocycles. The van der Waals surface area contributed by atoms with Crippen LogP contribution in [0.5, 0.6) is 5.75 Å². The lowest BCUT2D eigenvalue weighted by atomic mass is 10.2. The summed E-state index contributed by atoms with van der Waals surface area (Å²) >= 11 is 0. The quantitative estimate of drug-likeness (QED) is 0.772. The third-order valence-electron chi connectivity index (χ3n) is 4.76. The summed E-state index contributed by atoms with van der Waals surface area (Å²) in [4.78, 5) is 12.2. The Morgan fingerprint density at radius 3 is 2.73 bits per heavy atom. The lowest BCUT2D eigenvalue weighted by Crippen LogP contribution is -2.35. The first-order chi connectivity index (χ1) is 12.5. The second-order valence-corrected chi connectivity index (χ2v) is 8.70. The highest BCUT2D eigenvalue weighted by Crippen LogP contribution is 2.26. The Balaban J connectivity index is 1.54. The number of ether oxygens (including phenoxy) is 2. The highest BCUT2D eigenvalue weighted by atomic mass is 32.2. The molecule has 8 heteroatoms. The Morgan fingerprint density at radius 1 is 1.31 bits per heavy atom. The second kappa shape index (κ2) is 8.37. The zero-order chi connectivity index (χ0) is 18.6. The molecule has 0 unspecified atom stereocenters. The van der Waals surface area contributed by atoms with Gasteiger partial charge in [-0.2, -0.15) is 4.31 Å². The largest absolute Gasteiger partial charge is 0.484 e. The van der Waals surface area contributed by atoms with Crippen LogP contribution in [0.25, 0.3) is 0 Å². The molecule has 0 bridgehead atoms. The fourth-order valence-corrected chi connectivity index (χ4v) is 4.85. The van der Waals surface area contributed by atoms with E-state index in [1.54, 1.807) is 25.1 Å². The van der Waals surface area contributed by atoms with Crippen molar-refractivity contribution in [3.05, 3.63) is 23.8 Å². The molecule has 1 amide bonds. The number of hydrogen-bond acceptors (Lipinski definition) is 5. The highest BCUT2D eigenvalue weighted by molar-refractivity contribution is 7.89. The Hall–Kier alpha value is -1.64. The van der Waals surface area contributed by atoms with Gasteiger partial charge in [-0.05, 0) is 56.4 Å². The summed E-state index contributed by atoms with van der Waals surface area (Å²) in [7, 11) is -3.44. The van der Waals surface area contributed by atoms with Gasteiger partial charge in [0.15, 0.2) is 6.61 Å². The lowest BCUT2D eigenvalue weighted by molar-refractivity contribution is -0.123. The number of benzene rings is 1. The number of hydrogen-bond donors (Lipinski definition) is 1. The third kappa shape index (κ3) is 4.55. The van der Waals surface area contributed by atoms with Crippen molar-refractivity contribution in [2.45, 2.75) is 43.6 Å². The fourth-order valence-electron chi connectivity index (χ4n) is 3.25. The van der Waals surface area contributed by atoms with Crippen LogP contribution in [0.15, 0.2) is 23.1 Å². The molecular formula is C18H26N2O5S. The Morgan fingerprint density at radius 2 is 2.08 bits per heavy atom. The van der Waals surface area contributed by atoms with Crippen LogP contribution in [0.1, 0.15) is 31.2 Å². The number of sulfonamides is 1. The highest BCUT2D eigenvalue weighted by Gasteiger charge is 2.27. The van der Waals surface area contributed by atoms with E-state index in [0.717, 1.165) is 32.3 Å². The van der Waals surface area contributed by atoms with Crippen LogP contribution in [-0.2, 0) is 19.6 Å². The van der Waals surface area contributed by atoms with Crippen LogP contribution in [0.4, 0.5) is 0 Å². The number of carbonyl (C=O) groups excluding carboxylic acids is 1.